The SMILES string of the molecule is COc1ccc([C@H]2[C@@H](S(C)(=O)=O)C2(CO)CO)cc1. The van der Waals surface area contributed by atoms with Crippen molar-refractivity contribution in [2.45, 2.75) is 11.2 Å². The molecule has 1 saturated carbocycles. The lowest BCUT2D eigenvalue weighted by atomic mass is 10.0. The van der Waals surface area contributed by atoms with E-state index in [1.807, 2.05) is 0 Å². The molecule has 1 aromatic carbocycles. The molecule has 1 aromatic rings. The van der Waals surface area contributed by atoms with Crippen molar-refractivity contribution < 1.29 is 23.4 Å². The van der Waals surface area contributed by atoms with Crippen LogP contribution in [0.5, 0.6) is 5.75 Å². The number of aliphatic hydroxyl groups excluding tert-OH is 2. The lowest BCUT2D eigenvalue weighted by Gasteiger charge is -2.10. The summed E-state index contributed by atoms with van der Waals surface area (Å²) >= 11 is 0. The summed E-state index contributed by atoms with van der Waals surface area (Å²) < 4.78 is 28.6. The fourth-order valence-electron chi connectivity index (χ4n) is 2.87. The number of sulfone groups is 1. The van der Waals surface area contributed by atoms with E-state index >= 15 is 0 Å². The Bertz CT molecular complexity index is 545. The summed E-state index contributed by atoms with van der Waals surface area (Å²) in [7, 11) is -1.77. The third kappa shape index (κ3) is 2.24. The van der Waals surface area contributed by atoms with Crippen LogP contribution in [0.2, 0.25) is 0 Å². The second-order valence-corrected chi connectivity index (χ2v) is 7.22. The number of hydrogen-bond acceptors (Lipinski definition) is 5. The number of methoxy groups -OCH3 is 1. The highest BCUT2D eigenvalue weighted by Crippen LogP contribution is 2.62. The van der Waals surface area contributed by atoms with Gasteiger partial charge in [0.15, 0.2) is 9.84 Å². The molecule has 0 aromatic heterocycles. The summed E-state index contributed by atoms with van der Waals surface area (Å²) in [5.74, 6) is 0.308. The molecule has 0 bridgehead atoms. The summed E-state index contributed by atoms with van der Waals surface area (Å²) in [6.45, 7) is -0.699. The van der Waals surface area contributed by atoms with Crippen molar-refractivity contribution in [3.05, 3.63) is 29.8 Å². The molecule has 2 N–H and O–H groups in total. The van der Waals surface area contributed by atoms with E-state index in [4.69, 9.17) is 4.74 Å². The van der Waals surface area contributed by atoms with E-state index in [0.717, 1.165) is 11.8 Å². The Balaban J connectivity index is 2.37. The quantitative estimate of drug-likeness (QED) is 0.806. The predicted molar refractivity (Wildman–Crippen MR) is 71.0 cm³/mol. The highest BCUT2D eigenvalue weighted by molar-refractivity contribution is 7.91. The maximum atomic E-state index is 11.8. The van der Waals surface area contributed by atoms with Crippen LogP contribution < -0.4 is 4.74 Å². The van der Waals surface area contributed by atoms with Crippen molar-refractivity contribution in [3.63, 3.8) is 0 Å². The van der Waals surface area contributed by atoms with Gasteiger partial charge in [0.25, 0.3) is 0 Å². The number of ether oxygens (including phenoxy) is 1. The van der Waals surface area contributed by atoms with Gasteiger partial charge in [0, 0.05) is 17.6 Å². The Hall–Kier alpha value is -1.11. The zero-order chi connectivity index (χ0) is 14.3. The molecule has 1 fully saturated rings. The second kappa shape index (κ2) is 4.77. The Morgan fingerprint density at radius 3 is 2.05 bits per heavy atom. The molecule has 0 saturated heterocycles. The van der Waals surface area contributed by atoms with Gasteiger partial charge >= 0.3 is 0 Å². The first-order valence-corrected chi connectivity index (χ1v) is 7.90. The van der Waals surface area contributed by atoms with Crippen molar-refractivity contribution in [3.8, 4) is 5.75 Å². The van der Waals surface area contributed by atoms with E-state index in [1.54, 1.807) is 31.4 Å². The van der Waals surface area contributed by atoms with Crippen molar-refractivity contribution in [1.82, 2.24) is 0 Å². The maximum Gasteiger partial charge on any atom is 0.151 e. The van der Waals surface area contributed by atoms with Crippen LogP contribution in [0.25, 0.3) is 0 Å². The zero-order valence-electron chi connectivity index (χ0n) is 10.9. The summed E-state index contributed by atoms with van der Waals surface area (Å²) in [5, 5.41) is 18.2. The predicted octanol–water partition coefficient (Wildman–Crippen LogP) is 0.177. The molecule has 19 heavy (non-hydrogen) atoms. The van der Waals surface area contributed by atoms with Gasteiger partial charge in [0.1, 0.15) is 5.75 Å². The maximum absolute atomic E-state index is 11.8. The van der Waals surface area contributed by atoms with Gasteiger partial charge in [-0.2, -0.15) is 0 Å². The molecule has 1 aliphatic rings. The summed E-state index contributed by atoms with van der Waals surface area (Å²) in [6.07, 6.45) is 1.14. The van der Waals surface area contributed by atoms with E-state index in [0.29, 0.717) is 5.75 Å². The molecule has 2 rings (SSSR count). The minimum atomic E-state index is -3.33. The average molecular weight is 286 g/mol. The Morgan fingerprint density at radius 2 is 1.74 bits per heavy atom. The third-order valence-electron chi connectivity index (χ3n) is 3.90. The monoisotopic (exact) mass is 286 g/mol. The topological polar surface area (TPSA) is 83.8 Å². The number of rotatable bonds is 5. The van der Waals surface area contributed by atoms with Crippen molar-refractivity contribution in [2.24, 2.45) is 5.41 Å². The molecule has 1 aliphatic carbocycles. The molecule has 5 nitrogen and oxygen atoms in total. The first kappa shape index (κ1) is 14.3. The van der Waals surface area contributed by atoms with Crippen molar-refractivity contribution >= 4 is 9.84 Å². The van der Waals surface area contributed by atoms with Gasteiger partial charge in [0.05, 0.1) is 25.6 Å². The Kier molecular flexibility index (Phi) is 3.59. The van der Waals surface area contributed by atoms with E-state index in [1.165, 1.54) is 0 Å². The first-order chi connectivity index (χ1) is 8.90. The summed E-state index contributed by atoms with van der Waals surface area (Å²) in [6, 6.07) is 7.03. The lowest BCUT2D eigenvalue weighted by Crippen LogP contribution is -2.22. The standard InChI is InChI=1S/C13H18O5S/c1-18-10-5-3-9(4-6-10)11-12(19(2,16)17)13(11,7-14)8-15/h3-6,11-12,14-15H,7-8H2,1-2H3/t11-,12+/m0/s1. The molecule has 6 heteroatoms. The molecule has 2 atom stereocenters. The van der Waals surface area contributed by atoms with Gasteiger partial charge in [-0.1, -0.05) is 12.1 Å². The van der Waals surface area contributed by atoms with E-state index in [-0.39, 0.29) is 19.1 Å². The second-order valence-electron chi connectivity index (χ2n) is 5.05. The molecule has 0 unspecified atom stereocenters. The highest BCUT2D eigenvalue weighted by atomic mass is 32.2. The highest BCUT2D eigenvalue weighted by Gasteiger charge is 2.69. The minimum Gasteiger partial charge on any atom is -0.497 e. The van der Waals surface area contributed by atoms with Crippen LogP contribution in [-0.4, -0.2) is 50.5 Å². The van der Waals surface area contributed by atoms with Gasteiger partial charge < -0.3 is 14.9 Å². The minimum absolute atomic E-state index is 0.349. The molecule has 0 radical (unpaired) electrons. The molecule has 0 amide bonds. The Morgan fingerprint density at radius 1 is 1.21 bits per heavy atom. The fraction of sp³-hybridized carbons (Fsp3) is 0.538. The van der Waals surface area contributed by atoms with Gasteiger partial charge in [-0.3, -0.25) is 0 Å². The average Bonchev–Trinajstić information content (AvgIpc) is 3.09. The fourth-order valence-corrected chi connectivity index (χ4v) is 4.86. The van der Waals surface area contributed by atoms with E-state index in [2.05, 4.69) is 0 Å². The Labute approximate surface area is 112 Å². The molecular formula is C13H18O5S. The van der Waals surface area contributed by atoms with Crippen LogP contribution >= 0.6 is 0 Å². The van der Waals surface area contributed by atoms with Gasteiger partial charge in [-0.25, -0.2) is 8.42 Å². The molecular weight excluding hydrogens is 268 g/mol. The van der Waals surface area contributed by atoms with Gasteiger partial charge in [-0.05, 0) is 17.7 Å². The summed E-state index contributed by atoms with van der Waals surface area (Å²) in [5.41, 5.74) is -0.179. The number of benzene rings is 1. The van der Waals surface area contributed by atoms with Gasteiger partial charge in [-0.15, -0.1) is 0 Å². The van der Waals surface area contributed by atoms with Crippen molar-refractivity contribution in [1.29, 1.82) is 0 Å². The van der Waals surface area contributed by atoms with Crippen molar-refractivity contribution in [2.75, 3.05) is 26.6 Å². The molecule has 0 heterocycles. The normalized spacial score (nSPS) is 25.1. The zero-order valence-corrected chi connectivity index (χ0v) is 11.7. The molecule has 0 aliphatic heterocycles. The third-order valence-corrected chi connectivity index (χ3v) is 5.57. The van der Waals surface area contributed by atoms with Gasteiger partial charge in [0.2, 0.25) is 0 Å². The molecule has 0 spiro atoms. The van der Waals surface area contributed by atoms with Crippen LogP contribution in [0, 0.1) is 5.41 Å². The smallest absolute Gasteiger partial charge is 0.151 e. The van der Waals surface area contributed by atoms with E-state index in [9.17, 15) is 18.6 Å². The lowest BCUT2D eigenvalue weighted by molar-refractivity contribution is 0.130. The van der Waals surface area contributed by atoms with Crippen LogP contribution in [0.3, 0.4) is 0 Å². The van der Waals surface area contributed by atoms with E-state index < -0.39 is 20.5 Å². The van der Waals surface area contributed by atoms with Crippen LogP contribution in [0.1, 0.15) is 11.5 Å². The van der Waals surface area contributed by atoms with Crippen LogP contribution in [0.15, 0.2) is 24.3 Å². The summed E-state index contributed by atoms with van der Waals surface area (Å²) in [4.78, 5) is 0. The first-order valence-electron chi connectivity index (χ1n) is 5.95. The van der Waals surface area contributed by atoms with Crippen LogP contribution in [0.4, 0.5) is 0 Å². The largest absolute Gasteiger partial charge is 0.497 e. The molecule has 106 valence electrons. The number of aliphatic hydroxyl groups is 2. The van der Waals surface area contributed by atoms with Crippen LogP contribution in [-0.2, 0) is 9.84 Å². The number of hydrogen-bond donors (Lipinski definition) is 2.